The van der Waals surface area contributed by atoms with Gasteiger partial charge in [0, 0.05) is 36.3 Å². The van der Waals surface area contributed by atoms with E-state index in [1.807, 2.05) is 6.07 Å². The van der Waals surface area contributed by atoms with E-state index in [2.05, 4.69) is 25.5 Å². The van der Waals surface area contributed by atoms with E-state index >= 15 is 0 Å². The Bertz CT molecular complexity index is 1180. The molecule has 0 spiro atoms. The van der Waals surface area contributed by atoms with E-state index in [0.29, 0.717) is 22.5 Å². The van der Waals surface area contributed by atoms with Crippen LogP contribution in [-0.2, 0) is 4.79 Å². The number of hydrogen-bond donors (Lipinski definition) is 1. The molecular weight excluding hydrogens is 334 g/mol. The minimum atomic E-state index is -0.385. The molecule has 0 radical (unpaired) electrons. The van der Waals surface area contributed by atoms with Crippen molar-refractivity contribution in [3.05, 3.63) is 53.3 Å². The summed E-state index contributed by atoms with van der Waals surface area (Å²) in [5.41, 5.74) is 3.49. The number of nitrogens with one attached hydrogen (secondary N) is 1. The number of amides is 1. The molecule has 4 aromatic rings. The summed E-state index contributed by atoms with van der Waals surface area (Å²) in [5.74, 6) is 0.353. The predicted molar refractivity (Wildman–Crippen MR) is 95.0 cm³/mol. The molecule has 4 rings (SSSR count). The monoisotopic (exact) mass is 349 g/mol. The van der Waals surface area contributed by atoms with Crippen LogP contribution < -0.4 is 11.0 Å². The molecule has 0 unspecified atom stereocenters. The molecule has 1 amide bonds. The Morgan fingerprint density at radius 1 is 1.23 bits per heavy atom. The van der Waals surface area contributed by atoms with Gasteiger partial charge in [-0.25, -0.2) is 9.66 Å². The highest BCUT2D eigenvalue weighted by Crippen LogP contribution is 2.16. The molecule has 1 N–H and O–H groups in total. The average molecular weight is 349 g/mol. The van der Waals surface area contributed by atoms with Crippen LogP contribution in [0.3, 0.4) is 0 Å². The van der Waals surface area contributed by atoms with Crippen LogP contribution in [0.15, 0.2) is 47.8 Å². The van der Waals surface area contributed by atoms with Crippen molar-refractivity contribution in [3.63, 3.8) is 0 Å². The van der Waals surface area contributed by atoms with Crippen LogP contribution in [0.1, 0.15) is 13.8 Å². The van der Waals surface area contributed by atoms with Crippen molar-refractivity contribution in [2.75, 3.05) is 5.43 Å². The molecule has 9 heteroatoms. The zero-order valence-corrected chi connectivity index (χ0v) is 14.1. The maximum absolute atomic E-state index is 12.6. The number of carbonyl (C=O) groups is 1. The van der Waals surface area contributed by atoms with Gasteiger partial charge in [0.1, 0.15) is 0 Å². The van der Waals surface area contributed by atoms with E-state index in [1.54, 1.807) is 38.4 Å². The van der Waals surface area contributed by atoms with Crippen molar-refractivity contribution >= 4 is 22.6 Å². The van der Waals surface area contributed by atoms with Gasteiger partial charge in [0.2, 0.25) is 5.91 Å². The van der Waals surface area contributed by atoms with Gasteiger partial charge in [0.25, 0.3) is 11.3 Å². The lowest BCUT2D eigenvalue weighted by molar-refractivity contribution is -0.119. The van der Waals surface area contributed by atoms with Crippen LogP contribution in [0.2, 0.25) is 0 Å². The Labute approximate surface area is 147 Å². The van der Waals surface area contributed by atoms with E-state index in [9.17, 15) is 9.59 Å². The van der Waals surface area contributed by atoms with Gasteiger partial charge in [-0.1, -0.05) is 13.8 Å². The van der Waals surface area contributed by atoms with Gasteiger partial charge < -0.3 is 0 Å². The number of pyridine rings is 2. The van der Waals surface area contributed by atoms with Gasteiger partial charge in [-0.3, -0.25) is 20.0 Å². The largest absolute Gasteiger partial charge is 0.280 e. The molecular formula is C17H15N7O2. The smallest absolute Gasteiger partial charge is 0.273 e. The molecule has 4 heterocycles. The second-order valence-electron chi connectivity index (χ2n) is 6.07. The molecule has 130 valence electrons. The van der Waals surface area contributed by atoms with Gasteiger partial charge in [-0.05, 0) is 18.2 Å². The average Bonchev–Trinajstić information content (AvgIpc) is 3.09. The standard InChI is InChI=1S/C17H15N7O2/c1-10(2)15(25)22-23-7-5-13-12(16(23)26)9-19-17-20-14(21-24(13)17)11-4-3-6-18-8-11/h3-10H,1-2H3,(H,22,25). The SMILES string of the molecule is CC(C)C(=O)Nn1ccc2c(cnc3nc(-c4cccnc4)nn32)c1=O. The van der Waals surface area contributed by atoms with Crippen molar-refractivity contribution in [2.24, 2.45) is 5.92 Å². The summed E-state index contributed by atoms with van der Waals surface area (Å²) in [6.07, 6.45) is 6.26. The third kappa shape index (κ3) is 2.59. The highest BCUT2D eigenvalue weighted by Gasteiger charge is 2.14. The van der Waals surface area contributed by atoms with Gasteiger partial charge in [0.05, 0.1) is 10.9 Å². The van der Waals surface area contributed by atoms with Crippen molar-refractivity contribution in [1.29, 1.82) is 0 Å². The molecule has 0 bridgehead atoms. The summed E-state index contributed by atoms with van der Waals surface area (Å²) in [6, 6.07) is 5.33. The Kier molecular flexibility index (Phi) is 3.68. The molecule has 0 aliphatic heterocycles. The summed E-state index contributed by atoms with van der Waals surface area (Å²) in [5, 5.41) is 4.76. The molecule has 9 nitrogen and oxygen atoms in total. The van der Waals surface area contributed by atoms with Crippen LogP contribution in [0.4, 0.5) is 0 Å². The molecule has 0 atom stereocenters. The fourth-order valence-electron chi connectivity index (χ4n) is 2.47. The lowest BCUT2D eigenvalue weighted by Crippen LogP contribution is -2.35. The fourth-order valence-corrected chi connectivity index (χ4v) is 2.47. The molecule has 0 saturated carbocycles. The Morgan fingerprint density at radius 3 is 2.81 bits per heavy atom. The van der Waals surface area contributed by atoms with E-state index in [-0.39, 0.29) is 17.4 Å². The molecule has 26 heavy (non-hydrogen) atoms. The number of carbonyl (C=O) groups excluding carboxylic acids is 1. The number of rotatable bonds is 3. The maximum Gasteiger partial charge on any atom is 0.280 e. The molecule has 0 aliphatic carbocycles. The van der Waals surface area contributed by atoms with Crippen molar-refractivity contribution < 1.29 is 4.79 Å². The van der Waals surface area contributed by atoms with Crippen LogP contribution in [0.25, 0.3) is 28.1 Å². The Morgan fingerprint density at radius 2 is 2.08 bits per heavy atom. The van der Waals surface area contributed by atoms with Gasteiger partial charge >= 0.3 is 0 Å². The highest BCUT2D eigenvalue weighted by molar-refractivity contribution is 5.86. The van der Waals surface area contributed by atoms with Gasteiger partial charge in [-0.15, -0.1) is 5.10 Å². The maximum atomic E-state index is 12.6. The minimum Gasteiger partial charge on any atom is -0.273 e. The third-order valence-corrected chi connectivity index (χ3v) is 3.91. The second-order valence-corrected chi connectivity index (χ2v) is 6.07. The quantitative estimate of drug-likeness (QED) is 0.596. The third-order valence-electron chi connectivity index (χ3n) is 3.91. The normalized spacial score (nSPS) is 11.3. The first kappa shape index (κ1) is 15.9. The fraction of sp³-hybridized carbons (Fsp3) is 0.176. The number of fused-ring (bicyclic) bond motifs is 3. The summed E-state index contributed by atoms with van der Waals surface area (Å²) < 4.78 is 2.66. The molecule has 4 aromatic heterocycles. The summed E-state index contributed by atoms with van der Waals surface area (Å²) in [4.78, 5) is 37.1. The highest BCUT2D eigenvalue weighted by atomic mass is 16.2. The molecule has 0 saturated heterocycles. The number of nitrogens with zero attached hydrogens (tertiary/aromatic N) is 6. The summed E-state index contributed by atoms with van der Waals surface area (Å²) in [7, 11) is 0. The van der Waals surface area contributed by atoms with E-state index < -0.39 is 0 Å². The van der Waals surface area contributed by atoms with E-state index in [4.69, 9.17) is 0 Å². The van der Waals surface area contributed by atoms with Gasteiger partial charge in [0.15, 0.2) is 5.82 Å². The summed E-state index contributed by atoms with van der Waals surface area (Å²) in [6.45, 7) is 3.50. The lowest BCUT2D eigenvalue weighted by atomic mass is 10.2. The first-order valence-electron chi connectivity index (χ1n) is 8.03. The van der Waals surface area contributed by atoms with Crippen LogP contribution in [-0.4, -0.2) is 35.1 Å². The predicted octanol–water partition coefficient (Wildman–Crippen LogP) is 1.23. The number of hydrogen-bond acceptors (Lipinski definition) is 6. The van der Waals surface area contributed by atoms with E-state index in [1.165, 1.54) is 16.9 Å². The van der Waals surface area contributed by atoms with Crippen molar-refractivity contribution in [3.8, 4) is 11.4 Å². The van der Waals surface area contributed by atoms with E-state index in [0.717, 1.165) is 10.2 Å². The van der Waals surface area contributed by atoms with Gasteiger partial charge in [-0.2, -0.15) is 9.50 Å². The van der Waals surface area contributed by atoms with Crippen molar-refractivity contribution in [1.82, 2.24) is 29.2 Å². The zero-order valence-electron chi connectivity index (χ0n) is 14.1. The number of aromatic nitrogens is 6. The lowest BCUT2D eigenvalue weighted by Gasteiger charge is -2.10. The molecule has 0 aromatic carbocycles. The topological polar surface area (TPSA) is 107 Å². The first-order chi connectivity index (χ1) is 12.5. The van der Waals surface area contributed by atoms with Crippen LogP contribution >= 0.6 is 0 Å². The Hall–Kier alpha value is -3.62. The van der Waals surface area contributed by atoms with Crippen molar-refractivity contribution in [2.45, 2.75) is 13.8 Å². The van der Waals surface area contributed by atoms with Crippen LogP contribution in [0.5, 0.6) is 0 Å². The second kappa shape index (κ2) is 6.03. The molecule has 0 fully saturated rings. The Balaban J connectivity index is 1.86. The first-order valence-corrected chi connectivity index (χ1v) is 8.03. The molecule has 0 aliphatic rings. The zero-order chi connectivity index (χ0) is 18.3. The van der Waals surface area contributed by atoms with Crippen LogP contribution in [0, 0.1) is 5.92 Å². The minimum absolute atomic E-state index is 0.240. The summed E-state index contributed by atoms with van der Waals surface area (Å²) >= 11 is 0.